The number of anilines is 1. The average Bonchev–Trinajstić information content (AvgIpc) is 3.12. The minimum Gasteiger partial charge on any atom is -0.496 e. The van der Waals surface area contributed by atoms with E-state index >= 15 is 0 Å². The number of hydrogen-bond acceptors (Lipinski definition) is 4. The van der Waals surface area contributed by atoms with Crippen molar-refractivity contribution in [1.29, 1.82) is 0 Å². The van der Waals surface area contributed by atoms with Crippen molar-refractivity contribution in [1.82, 2.24) is 10.2 Å². The first-order chi connectivity index (χ1) is 13.0. The molecule has 2 N–H and O–H groups in total. The Kier molecular flexibility index (Phi) is 5.66. The maximum atomic E-state index is 12.4. The zero-order valence-corrected chi connectivity index (χ0v) is 16.0. The van der Waals surface area contributed by atoms with Gasteiger partial charge in [-0.15, -0.1) is 0 Å². The number of hydrogen-bond donors (Lipinski definition) is 2. The van der Waals surface area contributed by atoms with Gasteiger partial charge in [-0.2, -0.15) is 5.10 Å². The van der Waals surface area contributed by atoms with Gasteiger partial charge in [0, 0.05) is 11.6 Å². The van der Waals surface area contributed by atoms with E-state index in [0.717, 1.165) is 16.8 Å². The number of para-hydroxylation sites is 1. The molecule has 140 valence electrons. The Bertz CT molecular complexity index is 955. The number of carbonyl (C=O) groups is 1. The fourth-order valence-corrected chi connectivity index (χ4v) is 2.73. The van der Waals surface area contributed by atoms with Gasteiger partial charge in [0.2, 0.25) is 0 Å². The van der Waals surface area contributed by atoms with Gasteiger partial charge in [0.25, 0.3) is 5.91 Å². The molecule has 0 fully saturated rings. The summed E-state index contributed by atoms with van der Waals surface area (Å²) in [5.74, 6) is 1.25. The molecule has 0 saturated heterocycles. The number of ether oxygens (including phenoxy) is 2. The van der Waals surface area contributed by atoms with Crippen LogP contribution in [-0.2, 0) is 4.79 Å². The molecule has 0 aliphatic rings. The van der Waals surface area contributed by atoms with Crippen LogP contribution in [-0.4, -0.2) is 29.3 Å². The topological polar surface area (TPSA) is 76.2 Å². The lowest BCUT2D eigenvalue weighted by atomic mass is 10.1. The van der Waals surface area contributed by atoms with Gasteiger partial charge in [-0.3, -0.25) is 9.89 Å². The summed E-state index contributed by atoms with van der Waals surface area (Å²) in [5.41, 5.74) is 2.58. The summed E-state index contributed by atoms with van der Waals surface area (Å²) in [4.78, 5) is 12.4. The molecule has 0 saturated carbocycles. The Labute approximate surface area is 162 Å². The largest absolute Gasteiger partial charge is 0.496 e. The fourth-order valence-electron chi connectivity index (χ4n) is 2.56. The van der Waals surface area contributed by atoms with E-state index in [1.807, 2.05) is 37.3 Å². The number of carbonyl (C=O) groups excluding carboxylic acids is 1. The lowest BCUT2D eigenvalue weighted by Crippen LogP contribution is -2.30. The number of rotatable bonds is 6. The molecule has 1 atom stereocenters. The van der Waals surface area contributed by atoms with Gasteiger partial charge >= 0.3 is 0 Å². The summed E-state index contributed by atoms with van der Waals surface area (Å²) < 4.78 is 11.0. The fraction of sp³-hybridized carbons (Fsp3) is 0.200. The van der Waals surface area contributed by atoms with Crippen molar-refractivity contribution in [3.63, 3.8) is 0 Å². The molecular formula is C20H20ClN3O3. The molecule has 6 nitrogen and oxygen atoms in total. The van der Waals surface area contributed by atoms with Crippen LogP contribution in [0.5, 0.6) is 11.5 Å². The Morgan fingerprint density at radius 3 is 2.74 bits per heavy atom. The summed E-state index contributed by atoms with van der Waals surface area (Å²) in [6.07, 6.45) is -0.740. The van der Waals surface area contributed by atoms with E-state index in [4.69, 9.17) is 21.1 Å². The first-order valence-electron chi connectivity index (χ1n) is 8.40. The predicted molar refractivity (Wildman–Crippen MR) is 105 cm³/mol. The number of aromatic amines is 1. The Morgan fingerprint density at radius 2 is 1.96 bits per heavy atom. The van der Waals surface area contributed by atoms with E-state index in [2.05, 4.69) is 15.5 Å². The van der Waals surface area contributed by atoms with Gasteiger partial charge in [-0.25, -0.2) is 0 Å². The first-order valence-corrected chi connectivity index (χ1v) is 8.78. The van der Waals surface area contributed by atoms with Crippen LogP contribution in [0.25, 0.3) is 11.3 Å². The minimum atomic E-state index is -0.740. The lowest BCUT2D eigenvalue weighted by molar-refractivity contribution is -0.122. The molecule has 0 bridgehead atoms. The van der Waals surface area contributed by atoms with E-state index < -0.39 is 6.10 Å². The monoisotopic (exact) mass is 385 g/mol. The summed E-state index contributed by atoms with van der Waals surface area (Å²) in [6.45, 7) is 3.58. The molecule has 3 rings (SSSR count). The summed E-state index contributed by atoms with van der Waals surface area (Å²) in [7, 11) is 1.60. The van der Waals surface area contributed by atoms with Gasteiger partial charge < -0.3 is 14.8 Å². The van der Waals surface area contributed by atoms with Crippen molar-refractivity contribution in [2.75, 3.05) is 12.4 Å². The van der Waals surface area contributed by atoms with Crippen LogP contribution in [0, 0.1) is 6.92 Å². The molecule has 0 aliphatic carbocycles. The van der Waals surface area contributed by atoms with Crippen LogP contribution < -0.4 is 14.8 Å². The summed E-state index contributed by atoms with van der Waals surface area (Å²) in [6, 6.07) is 14.7. The molecular weight excluding hydrogens is 366 g/mol. The second-order valence-electron chi connectivity index (χ2n) is 6.05. The standard InChI is InChI=1S/C20H20ClN3O3/c1-12-8-9-15(21)18(10-12)27-13(2)20(25)22-19-11-16(23-24-19)14-6-4-5-7-17(14)26-3/h4-11,13H,1-3H3,(H2,22,23,24,25). The van der Waals surface area contributed by atoms with Crippen molar-refractivity contribution in [2.45, 2.75) is 20.0 Å². The van der Waals surface area contributed by atoms with Crippen molar-refractivity contribution < 1.29 is 14.3 Å². The number of halogens is 1. The zero-order valence-electron chi connectivity index (χ0n) is 15.2. The van der Waals surface area contributed by atoms with Gasteiger partial charge in [0.1, 0.15) is 11.5 Å². The normalized spacial score (nSPS) is 11.7. The highest BCUT2D eigenvalue weighted by molar-refractivity contribution is 6.32. The molecule has 2 aromatic carbocycles. The quantitative estimate of drug-likeness (QED) is 0.657. The zero-order chi connectivity index (χ0) is 19.4. The predicted octanol–water partition coefficient (Wildman–Crippen LogP) is 4.45. The molecule has 0 aliphatic heterocycles. The van der Waals surface area contributed by atoms with Crippen LogP contribution >= 0.6 is 11.6 Å². The number of amides is 1. The van der Waals surface area contributed by atoms with E-state index in [9.17, 15) is 4.79 Å². The van der Waals surface area contributed by atoms with Crippen LogP contribution in [0.4, 0.5) is 5.82 Å². The molecule has 1 heterocycles. The maximum absolute atomic E-state index is 12.4. The molecule has 1 amide bonds. The number of methoxy groups -OCH3 is 1. The third-order valence-corrected chi connectivity index (χ3v) is 4.30. The second kappa shape index (κ2) is 8.14. The Balaban J connectivity index is 1.69. The summed E-state index contributed by atoms with van der Waals surface area (Å²) >= 11 is 6.12. The number of aryl methyl sites for hydroxylation is 1. The molecule has 0 radical (unpaired) electrons. The lowest BCUT2D eigenvalue weighted by Gasteiger charge is -2.15. The number of benzene rings is 2. The molecule has 1 aromatic heterocycles. The van der Waals surface area contributed by atoms with Crippen molar-refractivity contribution >= 4 is 23.3 Å². The molecule has 1 unspecified atom stereocenters. The first kappa shape index (κ1) is 18.8. The smallest absolute Gasteiger partial charge is 0.266 e. The summed E-state index contributed by atoms with van der Waals surface area (Å²) in [5, 5.41) is 10.2. The van der Waals surface area contributed by atoms with E-state index in [-0.39, 0.29) is 5.91 Å². The third kappa shape index (κ3) is 4.41. The van der Waals surface area contributed by atoms with E-state index in [0.29, 0.717) is 22.3 Å². The molecule has 3 aromatic rings. The van der Waals surface area contributed by atoms with Gasteiger partial charge in [-0.1, -0.05) is 29.8 Å². The third-order valence-electron chi connectivity index (χ3n) is 3.99. The number of aromatic nitrogens is 2. The highest BCUT2D eigenvalue weighted by Gasteiger charge is 2.18. The molecule has 27 heavy (non-hydrogen) atoms. The highest BCUT2D eigenvalue weighted by Crippen LogP contribution is 2.29. The Morgan fingerprint density at radius 1 is 1.19 bits per heavy atom. The van der Waals surface area contributed by atoms with Crippen molar-refractivity contribution in [3.8, 4) is 22.8 Å². The number of nitrogens with one attached hydrogen (secondary N) is 2. The molecule has 7 heteroatoms. The maximum Gasteiger partial charge on any atom is 0.266 e. The van der Waals surface area contributed by atoms with Gasteiger partial charge in [0.05, 0.1) is 17.8 Å². The average molecular weight is 386 g/mol. The second-order valence-corrected chi connectivity index (χ2v) is 6.46. The minimum absolute atomic E-state index is 0.328. The SMILES string of the molecule is COc1ccccc1-c1cc(NC(=O)C(C)Oc2cc(C)ccc2Cl)n[nH]1. The molecule has 0 spiro atoms. The van der Waals surface area contributed by atoms with Crippen LogP contribution in [0.15, 0.2) is 48.5 Å². The number of nitrogens with zero attached hydrogens (tertiary/aromatic N) is 1. The van der Waals surface area contributed by atoms with Crippen molar-refractivity contribution in [2.24, 2.45) is 0 Å². The van der Waals surface area contributed by atoms with Gasteiger partial charge in [-0.05, 0) is 43.7 Å². The van der Waals surface area contributed by atoms with E-state index in [1.54, 1.807) is 32.2 Å². The Hall–Kier alpha value is -2.99. The van der Waals surface area contributed by atoms with Crippen LogP contribution in [0.2, 0.25) is 5.02 Å². The van der Waals surface area contributed by atoms with Gasteiger partial charge in [0.15, 0.2) is 11.9 Å². The number of H-pyrrole nitrogens is 1. The highest BCUT2D eigenvalue weighted by atomic mass is 35.5. The van der Waals surface area contributed by atoms with E-state index in [1.165, 1.54) is 0 Å². The van der Waals surface area contributed by atoms with Crippen LogP contribution in [0.1, 0.15) is 12.5 Å². The van der Waals surface area contributed by atoms with Crippen LogP contribution in [0.3, 0.4) is 0 Å². The van der Waals surface area contributed by atoms with Crippen molar-refractivity contribution in [3.05, 3.63) is 59.1 Å².